The normalized spacial score (nSPS) is 14.1. The minimum Gasteiger partial charge on any atom is -0.480 e. The van der Waals surface area contributed by atoms with E-state index in [2.05, 4.69) is 9.73 Å². The van der Waals surface area contributed by atoms with Crippen molar-refractivity contribution in [3.63, 3.8) is 0 Å². The van der Waals surface area contributed by atoms with Crippen molar-refractivity contribution in [1.29, 1.82) is 0 Å². The first kappa shape index (κ1) is 44.9. The maximum atomic E-state index is 11.5. The number of esters is 3. The summed E-state index contributed by atoms with van der Waals surface area (Å²) in [6.07, 6.45) is 2.11. The van der Waals surface area contributed by atoms with Gasteiger partial charge in [0.05, 0.1) is 6.10 Å². The Morgan fingerprint density at radius 2 is 1.32 bits per heavy atom. The molecule has 0 saturated carbocycles. The average Bonchev–Trinajstić information content (AvgIpc) is 3.01. The van der Waals surface area contributed by atoms with Crippen LogP contribution in [0.15, 0.2) is 35.3 Å². The third kappa shape index (κ3) is 23.7. The first-order valence-electron chi connectivity index (χ1n) is 14.6. The molecule has 0 aliphatic rings. The summed E-state index contributed by atoms with van der Waals surface area (Å²) in [5, 5.41) is 25.9. The number of carbonyl (C=O) groups excluding carboxylic acids is 3. The predicted molar refractivity (Wildman–Crippen MR) is 172 cm³/mol. The first-order chi connectivity index (χ1) is 21.9. The molecule has 0 aliphatic carbocycles. The van der Waals surface area contributed by atoms with E-state index in [-0.39, 0.29) is 19.0 Å². The molecule has 0 fully saturated rings. The highest BCUT2D eigenvalue weighted by atomic mass is 16.6. The molecule has 19 nitrogen and oxygen atoms in total. The molecule has 0 spiro atoms. The number of aliphatic carboxylic acids is 2. The van der Waals surface area contributed by atoms with Gasteiger partial charge < -0.3 is 70.7 Å². The van der Waals surface area contributed by atoms with Gasteiger partial charge in [0.25, 0.3) is 0 Å². The molecule has 19 N–H and O–H groups in total. The Labute approximate surface area is 273 Å². The lowest BCUT2D eigenvalue weighted by molar-refractivity contribution is -0.163. The molecule has 0 unspecified atom stereocenters. The fraction of sp³-hybridized carbons (Fsp3) is 0.571. The molecule has 268 valence electrons. The van der Waals surface area contributed by atoms with Crippen LogP contribution in [0.3, 0.4) is 0 Å². The summed E-state index contributed by atoms with van der Waals surface area (Å²) in [6.45, 7) is 1.86. The molecule has 47 heavy (non-hydrogen) atoms. The number of hydrogen-bond donors (Lipinski definition) is 11. The topological polar surface area (TPSA) is 385 Å². The fourth-order valence-electron chi connectivity index (χ4n) is 3.01. The highest BCUT2D eigenvalue weighted by Crippen LogP contribution is 2.03. The Morgan fingerprint density at radius 1 is 0.766 bits per heavy atom. The third-order valence-corrected chi connectivity index (χ3v) is 5.87. The largest absolute Gasteiger partial charge is 0.480 e. The van der Waals surface area contributed by atoms with Crippen molar-refractivity contribution in [2.24, 2.45) is 50.9 Å². The molecule has 0 radical (unpaired) electrons. The van der Waals surface area contributed by atoms with E-state index in [0.717, 1.165) is 18.4 Å². The van der Waals surface area contributed by atoms with Gasteiger partial charge in [-0.1, -0.05) is 36.8 Å². The maximum absolute atomic E-state index is 11.5. The summed E-state index contributed by atoms with van der Waals surface area (Å²) in [5.41, 5.74) is 43.2. The van der Waals surface area contributed by atoms with E-state index in [9.17, 15) is 24.0 Å². The second kappa shape index (κ2) is 25.9. The van der Waals surface area contributed by atoms with E-state index >= 15 is 0 Å². The summed E-state index contributed by atoms with van der Waals surface area (Å²) >= 11 is 0. The minimum absolute atomic E-state index is 0.0470. The van der Waals surface area contributed by atoms with Crippen LogP contribution in [0.25, 0.3) is 0 Å². The molecular weight excluding hydrogens is 622 g/mol. The molecule has 0 aliphatic heterocycles. The number of ether oxygens (including phenoxy) is 2. The molecule has 1 rings (SSSR count). The molecule has 1 aromatic rings. The molecule has 0 amide bonds. The van der Waals surface area contributed by atoms with Gasteiger partial charge in [-0.05, 0) is 51.1 Å². The van der Waals surface area contributed by atoms with Gasteiger partial charge >= 0.3 is 29.8 Å². The van der Waals surface area contributed by atoms with E-state index in [1.54, 1.807) is 0 Å². The molecule has 0 heterocycles. The number of carbonyl (C=O) groups is 5. The molecule has 1 aromatic carbocycles. The lowest BCUT2D eigenvalue weighted by Gasteiger charge is -2.14. The van der Waals surface area contributed by atoms with Crippen LogP contribution in [0, 0.1) is 0 Å². The van der Waals surface area contributed by atoms with Crippen molar-refractivity contribution in [2.45, 2.75) is 81.8 Å². The van der Waals surface area contributed by atoms with Crippen LogP contribution in [-0.2, 0) is 39.9 Å². The number of benzene rings is 1. The van der Waals surface area contributed by atoms with Crippen LogP contribution in [-0.4, -0.2) is 107 Å². The molecule has 0 aromatic heterocycles. The van der Waals surface area contributed by atoms with E-state index in [1.165, 1.54) is 6.92 Å². The average molecular weight is 674 g/mol. The van der Waals surface area contributed by atoms with E-state index in [1.807, 2.05) is 30.3 Å². The number of aliphatic hydroxyl groups excluding tert-OH is 1. The molecule has 19 heteroatoms. The van der Waals surface area contributed by atoms with Crippen LogP contribution >= 0.6 is 0 Å². The summed E-state index contributed by atoms with van der Waals surface area (Å²) < 4.78 is 9.17. The summed E-state index contributed by atoms with van der Waals surface area (Å²) in [6, 6.07) is 4.21. The number of nitrogens with zero attached hydrogens (tertiary/aromatic N) is 1. The predicted octanol–water partition coefficient (Wildman–Crippen LogP) is -3.82. The molecular formula is C28H51N9O10. The van der Waals surface area contributed by atoms with Crippen molar-refractivity contribution in [3.05, 3.63) is 35.9 Å². The van der Waals surface area contributed by atoms with Crippen LogP contribution in [0.4, 0.5) is 0 Å². The standard InChI is InChI=1S/C12H16N2O4.C10H21N5O4.C6H14N2O2/c13-9(6-8-4-2-1-3-5-8)12(17)18-7-10(14)11(15)16;1-5(16)7(12)9(18)19-8(17)6(11)3-2-4-15-10(13)14;7-4-2-1-3-5(8)6(9)10/h1-5,9-10H,6-7,13-14H2,(H,15,16);5-7,16H,2-4,11-12H2,1H3,(H4,13,14,15);5H,1-4,7-8H2,(H,9,10)/t9-,10-;5-,6+,7+;5-/m010/s1. The van der Waals surface area contributed by atoms with E-state index in [0.29, 0.717) is 32.4 Å². The quantitative estimate of drug-likeness (QED) is 0.0234. The number of aliphatic hydroxyl groups is 1. The van der Waals surface area contributed by atoms with Crippen LogP contribution in [0.5, 0.6) is 0 Å². The van der Waals surface area contributed by atoms with Gasteiger partial charge in [0.2, 0.25) is 0 Å². The Kier molecular flexibility index (Phi) is 24.7. The smallest absolute Gasteiger partial charge is 0.333 e. The van der Waals surface area contributed by atoms with Gasteiger partial charge in [0.15, 0.2) is 5.96 Å². The van der Waals surface area contributed by atoms with Crippen LogP contribution in [0.1, 0.15) is 44.6 Å². The van der Waals surface area contributed by atoms with Crippen molar-refractivity contribution in [2.75, 3.05) is 19.7 Å². The lowest BCUT2D eigenvalue weighted by Crippen LogP contribution is -2.44. The van der Waals surface area contributed by atoms with Crippen LogP contribution in [0.2, 0.25) is 0 Å². The van der Waals surface area contributed by atoms with Crippen LogP contribution < -0.4 is 45.9 Å². The molecule has 6 atom stereocenters. The maximum Gasteiger partial charge on any atom is 0.333 e. The van der Waals surface area contributed by atoms with Gasteiger partial charge in [0.1, 0.15) is 36.8 Å². The number of aliphatic imine (C=N–C) groups is 1. The number of hydrogen-bond acceptors (Lipinski definition) is 15. The zero-order valence-electron chi connectivity index (χ0n) is 26.5. The van der Waals surface area contributed by atoms with Gasteiger partial charge in [-0.2, -0.15) is 0 Å². The first-order valence-corrected chi connectivity index (χ1v) is 14.6. The highest BCUT2D eigenvalue weighted by molar-refractivity contribution is 5.90. The monoisotopic (exact) mass is 673 g/mol. The van der Waals surface area contributed by atoms with Gasteiger partial charge in [-0.3, -0.25) is 19.4 Å². The number of nitrogens with two attached hydrogens (primary N) is 8. The summed E-state index contributed by atoms with van der Waals surface area (Å²) in [5.74, 6) is -4.77. The third-order valence-electron chi connectivity index (χ3n) is 5.87. The number of carboxylic acid groups (broad SMARTS) is 2. The van der Waals surface area contributed by atoms with E-state index in [4.69, 9.17) is 65.9 Å². The molecule has 0 bridgehead atoms. The minimum atomic E-state index is -1.28. The Balaban J connectivity index is 0. The highest BCUT2D eigenvalue weighted by Gasteiger charge is 2.25. The number of carboxylic acids is 2. The second-order valence-corrected chi connectivity index (χ2v) is 10.2. The Bertz CT molecular complexity index is 1110. The molecule has 0 saturated heterocycles. The Hall–Kier alpha value is -4.24. The van der Waals surface area contributed by atoms with Gasteiger partial charge in [0, 0.05) is 6.54 Å². The lowest BCUT2D eigenvalue weighted by atomic mass is 10.1. The SMILES string of the molecule is C[C@@H](O)[C@H](N)C(=O)OC(=O)[C@@H](N)CCCN=C(N)N.NCCCC[C@H](N)C(=O)O.N[C@@H](COC(=O)[C@@H](N)Cc1ccccc1)C(=O)O. The zero-order valence-corrected chi connectivity index (χ0v) is 26.5. The summed E-state index contributed by atoms with van der Waals surface area (Å²) in [4.78, 5) is 58.5. The zero-order chi connectivity index (χ0) is 36.5. The number of unbranched alkanes of at least 4 members (excludes halogenated alkanes) is 1. The second-order valence-electron chi connectivity index (χ2n) is 10.2. The Morgan fingerprint density at radius 3 is 1.81 bits per heavy atom. The summed E-state index contributed by atoms with van der Waals surface area (Å²) in [7, 11) is 0. The van der Waals surface area contributed by atoms with Gasteiger partial charge in [-0.25, -0.2) is 9.59 Å². The van der Waals surface area contributed by atoms with E-state index < -0.39 is 66.2 Å². The number of rotatable bonds is 18. The van der Waals surface area contributed by atoms with Crippen molar-refractivity contribution < 1.29 is 48.8 Å². The van der Waals surface area contributed by atoms with Gasteiger partial charge in [-0.15, -0.1) is 0 Å². The number of guanidine groups is 1. The van der Waals surface area contributed by atoms with Crippen molar-refractivity contribution in [1.82, 2.24) is 0 Å². The van der Waals surface area contributed by atoms with Crippen molar-refractivity contribution >= 4 is 35.8 Å². The fourth-order valence-corrected chi connectivity index (χ4v) is 3.01. The van der Waals surface area contributed by atoms with Crippen molar-refractivity contribution in [3.8, 4) is 0 Å².